The van der Waals surface area contributed by atoms with E-state index in [9.17, 15) is 14.4 Å². The highest BCUT2D eigenvalue weighted by molar-refractivity contribution is 7.14. The molecule has 0 saturated heterocycles. The number of anilines is 3. The summed E-state index contributed by atoms with van der Waals surface area (Å²) in [7, 11) is 0. The zero-order valence-corrected chi connectivity index (χ0v) is 16.7. The van der Waals surface area contributed by atoms with Crippen molar-refractivity contribution < 1.29 is 14.4 Å². The van der Waals surface area contributed by atoms with Gasteiger partial charge in [0.25, 0.3) is 0 Å². The first-order valence-electron chi connectivity index (χ1n) is 9.12. The molecule has 6 nitrogen and oxygen atoms in total. The Hall–Kier alpha value is -3.45. The Bertz CT molecular complexity index is 1010. The Morgan fingerprint density at radius 3 is 2.10 bits per heavy atom. The minimum atomic E-state index is -0.378. The van der Waals surface area contributed by atoms with Gasteiger partial charge < -0.3 is 16.0 Å². The Labute approximate surface area is 173 Å². The minimum absolute atomic E-state index is 0.0359. The number of para-hydroxylation sites is 1. The molecule has 3 rings (SSSR count). The quantitative estimate of drug-likeness (QED) is 0.464. The molecular formula is C22H21N3O3S. The second-order valence-corrected chi connectivity index (χ2v) is 7.70. The zero-order chi connectivity index (χ0) is 20.6. The molecule has 148 valence electrons. The van der Waals surface area contributed by atoms with Gasteiger partial charge in [-0.2, -0.15) is 0 Å². The van der Waals surface area contributed by atoms with E-state index in [0.717, 1.165) is 4.88 Å². The summed E-state index contributed by atoms with van der Waals surface area (Å²) in [6.45, 7) is 1.94. The highest BCUT2D eigenvalue weighted by Gasteiger charge is 2.11. The number of benzene rings is 2. The summed E-state index contributed by atoms with van der Waals surface area (Å²) in [6, 6.07) is 19.2. The van der Waals surface area contributed by atoms with Gasteiger partial charge in [-0.3, -0.25) is 9.59 Å². The first-order chi connectivity index (χ1) is 14.0. The van der Waals surface area contributed by atoms with Gasteiger partial charge in [0.15, 0.2) is 5.78 Å². The monoisotopic (exact) mass is 407 g/mol. The molecule has 0 aliphatic rings. The van der Waals surface area contributed by atoms with E-state index in [2.05, 4.69) is 16.0 Å². The Morgan fingerprint density at radius 2 is 1.41 bits per heavy atom. The molecule has 0 aliphatic carbocycles. The molecule has 0 spiro atoms. The van der Waals surface area contributed by atoms with E-state index in [0.29, 0.717) is 21.9 Å². The van der Waals surface area contributed by atoms with Gasteiger partial charge in [-0.05, 0) is 49.4 Å². The van der Waals surface area contributed by atoms with Crippen molar-refractivity contribution in [2.45, 2.75) is 19.8 Å². The lowest BCUT2D eigenvalue weighted by atomic mass is 10.2. The maximum absolute atomic E-state index is 12.2. The van der Waals surface area contributed by atoms with Crippen molar-refractivity contribution in [2.24, 2.45) is 0 Å². The first-order valence-corrected chi connectivity index (χ1v) is 9.94. The lowest BCUT2D eigenvalue weighted by Gasteiger charge is -2.10. The van der Waals surface area contributed by atoms with Gasteiger partial charge in [0.2, 0.25) is 5.91 Å². The first kappa shape index (κ1) is 20.3. The molecule has 0 bridgehead atoms. The average molecular weight is 407 g/mol. The third-order valence-corrected chi connectivity index (χ3v) is 5.07. The zero-order valence-electron chi connectivity index (χ0n) is 15.9. The number of rotatable bonds is 7. The molecular weight excluding hydrogens is 386 g/mol. The molecule has 1 heterocycles. The third kappa shape index (κ3) is 6.29. The lowest BCUT2D eigenvalue weighted by Crippen LogP contribution is -2.19. The van der Waals surface area contributed by atoms with E-state index in [-0.39, 0.29) is 30.6 Å². The fourth-order valence-electron chi connectivity index (χ4n) is 2.65. The predicted molar refractivity (Wildman–Crippen MR) is 117 cm³/mol. The number of urea groups is 1. The summed E-state index contributed by atoms with van der Waals surface area (Å²) in [4.78, 5) is 38.1. The highest BCUT2D eigenvalue weighted by atomic mass is 32.1. The van der Waals surface area contributed by atoms with Gasteiger partial charge in [0.05, 0.1) is 4.88 Å². The molecule has 3 N–H and O–H groups in total. The highest BCUT2D eigenvalue weighted by Crippen LogP contribution is 2.19. The van der Waals surface area contributed by atoms with Gasteiger partial charge in [-0.15, -0.1) is 11.3 Å². The molecule has 3 aromatic rings. The molecule has 0 unspecified atom stereocenters. The molecule has 0 aliphatic heterocycles. The van der Waals surface area contributed by atoms with Gasteiger partial charge >= 0.3 is 6.03 Å². The van der Waals surface area contributed by atoms with Crippen LogP contribution in [0.5, 0.6) is 0 Å². The predicted octanol–water partition coefficient (Wildman–Crippen LogP) is 5.30. The van der Waals surface area contributed by atoms with Crippen molar-refractivity contribution in [3.05, 3.63) is 76.5 Å². The second-order valence-electron chi connectivity index (χ2n) is 6.41. The molecule has 0 saturated carbocycles. The number of carbonyl (C=O) groups excluding carboxylic acids is 3. The van der Waals surface area contributed by atoms with Crippen molar-refractivity contribution in [1.29, 1.82) is 0 Å². The van der Waals surface area contributed by atoms with Crippen LogP contribution < -0.4 is 16.0 Å². The minimum Gasteiger partial charge on any atom is -0.326 e. The summed E-state index contributed by atoms with van der Waals surface area (Å²) >= 11 is 1.43. The van der Waals surface area contributed by atoms with Crippen LogP contribution in [0.15, 0.2) is 66.7 Å². The van der Waals surface area contributed by atoms with Crippen molar-refractivity contribution in [2.75, 3.05) is 16.0 Å². The topological polar surface area (TPSA) is 87.3 Å². The Morgan fingerprint density at radius 1 is 0.759 bits per heavy atom. The molecule has 2 aromatic carbocycles. The largest absolute Gasteiger partial charge is 0.326 e. The molecule has 0 fully saturated rings. The smallest absolute Gasteiger partial charge is 0.323 e. The molecule has 0 atom stereocenters. The van der Waals surface area contributed by atoms with E-state index in [1.165, 1.54) is 11.3 Å². The van der Waals surface area contributed by atoms with Crippen molar-refractivity contribution >= 4 is 46.1 Å². The normalized spacial score (nSPS) is 10.2. The molecule has 0 radical (unpaired) electrons. The summed E-state index contributed by atoms with van der Waals surface area (Å²) in [6.07, 6.45) is 0.255. The number of ketones is 1. The van der Waals surface area contributed by atoms with Crippen molar-refractivity contribution in [1.82, 2.24) is 0 Å². The van der Waals surface area contributed by atoms with Crippen LogP contribution in [0.1, 0.15) is 27.4 Å². The van der Waals surface area contributed by atoms with Crippen molar-refractivity contribution in [3.63, 3.8) is 0 Å². The molecule has 29 heavy (non-hydrogen) atoms. The van der Waals surface area contributed by atoms with Crippen LogP contribution >= 0.6 is 11.3 Å². The number of thiophene rings is 1. The average Bonchev–Trinajstić information content (AvgIpc) is 3.13. The lowest BCUT2D eigenvalue weighted by molar-refractivity contribution is -0.116. The Kier molecular flexibility index (Phi) is 6.76. The van der Waals surface area contributed by atoms with E-state index >= 15 is 0 Å². The van der Waals surface area contributed by atoms with Gasteiger partial charge in [-0.1, -0.05) is 24.3 Å². The Balaban J connectivity index is 1.50. The summed E-state index contributed by atoms with van der Waals surface area (Å²) < 4.78 is 0. The van der Waals surface area contributed by atoms with Crippen molar-refractivity contribution in [3.8, 4) is 0 Å². The van der Waals surface area contributed by atoms with E-state index in [1.54, 1.807) is 42.5 Å². The fourth-order valence-corrected chi connectivity index (χ4v) is 3.48. The maximum Gasteiger partial charge on any atom is 0.323 e. The molecule has 7 heteroatoms. The standard InChI is InChI=1S/C22H21N3O3S/c1-15-10-12-20(29-15)19(26)11-13-21(27)23-17-8-5-9-18(14-17)25-22(28)24-16-6-3-2-4-7-16/h2-10,12,14H,11,13H2,1H3,(H,23,27)(H2,24,25,28). The number of carbonyl (C=O) groups is 3. The van der Waals surface area contributed by atoms with E-state index < -0.39 is 0 Å². The number of nitrogens with one attached hydrogen (secondary N) is 3. The van der Waals surface area contributed by atoms with Crippen LogP contribution in [0.4, 0.5) is 21.9 Å². The number of hydrogen-bond acceptors (Lipinski definition) is 4. The van der Waals surface area contributed by atoms with E-state index in [4.69, 9.17) is 0 Å². The van der Waals surface area contributed by atoms with Crippen LogP contribution in [0.2, 0.25) is 0 Å². The van der Waals surface area contributed by atoms with Gasteiger partial charge in [0, 0.05) is 34.8 Å². The summed E-state index contributed by atoms with van der Waals surface area (Å²) in [5.74, 6) is -0.288. The third-order valence-electron chi connectivity index (χ3n) is 4.03. The van der Waals surface area contributed by atoms with Crippen LogP contribution in [0.25, 0.3) is 0 Å². The fraction of sp³-hybridized carbons (Fsp3) is 0.136. The second kappa shape index (κ2) is 9.66. The van der Waals surface area contributed by atoms with Gasteiger partial charge in [-0.25, -0.2) is 4.79 Å². The number of aryl methyl sites for hydroxylation is 1. The van der Waals surface area contributed by atoms with Gasteiger partial charge in [0.1, 0.15) is 0 Å². The summed E-state index contributed by atoms with van der Waals surface area (Å²) in [5, 5.41) is 8.21. The van der Waals surface area contributed by atoms with E-state index in [1.807, 2.05) is 31.2 Å². The molecule has 3 amide bonds. The SMILES string of the molecule is Cc1ccc(C(=O)CCC(=O)Nc2cccc(NC(=O)Nc3ccccc3)c2)s1. The van der Waals surface area contributed by atoms with Crippen LogP contribution in [0.3, 0.4) is 0 Å². The summed E-state index contributed by atoms with van der Waals surface area (Å²) in [5.41, 5.74) is 1.77. The number of amides is 3. The van der Waals surface area contributed by atoms with Crippen LogP contribution in [0, 0.1) is 6.92 Å². The van der Waals surface area contributed by atoms with Crippen LogP contribution in [-0.4, -0.2) is 17.7 Å². The van der Waals surface area contributed by atoms with Crippen LogP contribution in [-0.2, 0) is 4.79 Å². The maximum atomic E-state index is 12.2. The number of hydrogen-bond donors (Lipinski definition) is 3. The molecule has 1 aromatic heterocycles. The number of Topliss-reactive ketones (excluding diaryl/α,β-unsaturated/α-hetero) is 1.